The van der Waals surface area contributed by atoms with E-state index in [0.717, 1.165) is 66.7 Å². The first kappa shape index (κ1) is 23.0. The predicted octanol–water partition coefficient (Wildman–Crippen LogP) is 4.01. The molecule has 9 nitrogen and oxygen atoms in total. The Morgan fingerprint density at radius 3 is 2.54 bits per heavy atom. The summed E-state index contributed by atoms with van der Waals surface area (Å²) in [6.45, 7) is 13.4. The van der Waals surface area contributed by atoms with Gasteiger partial charge >= 0.3 is 0 Å². The lowest BCUT2D eigenvalue weighted by molar-refractivity contribution is 0.632. The number of benzene rings is 1. The zero-order valence-electron chi connectivity index (χ0n) is 20.9. The summed E-state index contributed by atoms with van der Waals surface area (Å²) in [6.07, 6.45) is 5.80. The lowest BCUT2D eigenvalue weighted by Gasteiger charge is -2.36. The minimum Gasteiger partial charge on any atom is -0.352 e. The number of hydrogen-bond acceptors (Lipinski definition) is 8. The Morgan fingerprint density at radius 1 is 1.00 bits per heavy atom. The topological polar surface area (TPSA) is 87.9 Å². The van der Waals surface area contributed by atoms with Gasteiger partial charge in [0.2, 0.25) is 11.9 Å². The number of nitrogens with zero attached hydrogens (tertiary/aromatic N) is 8. The molecule has 182 valence electrons. The number of hydrogen-bond donors (Lipinski definition) is 1. The number of aromatic nitrogens is 6. The van der Waals surface area contributed by atoms with Crippen molar-refractivity contribution in [1.29, 1.82) is 0 Å². The number of nitrogens with one attached hydrogen (secondary N) is 1. The highest BCUT2D eigenvalue weighted by molar-refractivity contribution is 5.91. The van der Waals surface area contributed by atoms with Crippen molar-refractivity contribution in [2.45, 2.75) is 46.7 Å². The van der Waals surface area contributed by atoms with Gasteiger partial charge in [-0.3, -0.25) is 4.68 Å². The van der Waals surface area contributed by atoms with Gasteiger partial charge in [0, 0.05) is 68.3 Å². The minimum absolute atomic E-state index is 0.385. The highest BCUT2D eigenvalue weighted by Gasteiger charge is 2.23. The van der Waals surface area contributed by atoms with Crippen molar-refractivity contribution in [3.8, 4) is 0 Å². The van der Waals surface area contributed by atoms with Gasteiger partial charge in [0.15, 0.2) is 0 Å². The van der Waals surface area contributed by atoms with Crippen molar-refractivity contribution < 1.29 is 0 Å². The normalized spacial score (nSPS) is 14.2. The number of aryl methyl sites for hydroxylation is 2. The Morgan fingerprint density at radius 2 is 1.80 bits per heavy atom. The molecular formula is C26H33N9. The lowest BCUT2D eigenvalue weighted by atomic mass is 10.1. The molecule has 1 aromatic carbocycles. The van der Waals surface area contributed by atoms with E-state index in [1.54, 1.807) is 0 Å². The van der Waals surface area contributed by atoms with Crippen LogP contribution in [-0.2, 0) is 13.1 Å². The number of fused-ring (bicyclic) bond motifs is 1. The Labute approximate surface area is 206 Å². The molecule has 0 saturated carbocycles. The van der Waals surface area contributed by atoms with Gasteiger partial charge in [0.25, 0.3) is 0 Å². The molecular weight excluding hydrogens is 438 g/mol. The van der Waals surface area contributed by atoms with Crippen LogP contribution in [0.2, 0.25) is 0 Å². The van der Waals surface area contributed by atoms with E-state index in [1.165, 1.54) is 5.56 Å². The fourth-order valence-corrected chi connectivity index (χ4v) is 4.35. The van der Waals surface area contributed by atoms with Crippen molar-refractivity contribution in [1.82, 2.24) is 29.7 Å². The quantitative estimate of drug-likeness (QED) is 0.433. The average molecular weight is 472 g/mol. The zero-order chi connectivity index (χ0) is 24.4. The van der Waals surface area contributed by atoms with Gasteiger partial charge in [-0.1, -0.05) is 19.9 Å². The highest BCUT2D eigenvalue weighted by Crippen LogP contribution is 2.28. The summed E-state index contributed by atoms with van der Waals surface area (Å²) >= 11 is 0. The molecule has 1 aliphatic rings. The molecule has 9 heteroatoms. The summed E-state index contributed by atoms with van der Waals surface area (Å²) in [5, 5.41) is 8.84. The van der Waals surface area contributed by atoms with E-state index in [9.17, 15) is 0 Å². The average Bonchev–Trinajstić information content (AvgIpc) is 3.35. The SMILES string of the molecule is CCn1cc(CNc2nc(N3CCN(c4nccc(C(C)C)n4)CC3)c3ccc(C)cc3n2)cn1. The zero-order valence-corrected chi connectivity index (χ0v) is 20.9. The maximum Gasteiger partial charge on any atom is 0.225 e. The number of piperazine rings is 1. The van der Waals surface area contributed by atoms with Crippen molar-refractivity contribution in [2.75, 3.05) is 41.3 Å². The van der Waals surface area contributed by atoms with Crippen molar-refractivity contribution in [2.24, 2.45) is 0 Å². The maximum absolute atomic E-state index is 4.96. The lowest BCUT2D eigenvalue weighted by Crippen LogP contribution is -2.47. The van der Waals surface area contributed by atoms with E-state index in [-0.39, 0.29) is 0 Å². The summed E-state index contributed by atoms with van der Waals surface area (Å²) < 4.78 is 1.92. The van der Waals surface area contributed by atoms with E-state index in [0.29, 0.717) is 18.4 Å². The second-order valence-electron chi connectivity index (χ2n) is 9.36. The Balaban J connectivity index is 1.36. The molecule has 5 rings (SSSR count). The molecule has 0 aliphatic carbocycles. The van der Waals surface area contributed by atoms with Crippen LogP contribution in [0.15, 0.2) is 42.9 Å². The van der Waals surface area contributed by atoms with Crippen molar-refractivity contribution in [3.63, 3.8) is 0 Å². The molecule has 0 spiro atoms. The molecule has 0 bridgehead atoms. The van der Waals surface area contributed by atoms with Crippen molar-refractivity contribution >= 4 is 28.6 Å². The molecule has 0 atom stereocenters. The fraction of sp³-hybridized carbons (Fsp3) is 0.423. The first-order valence-electron chi connectivity index (χ1n) is 12.4. The summed E-state index contributed by atoms with van der Waals surface area (Å²) in [7, 11) is 0. The minimum atomic E-state index is 0.385. The molecule has 1 fully saturated rings. The predicted molar refractivity (Wildman–Crippen MR) is 140 cm³/mol. The summed E-state index contributed by atoms with van der Waals surface area (Å²) in [5.41, 5.74) is 4.33. The second-order valence-corrected chi connectivity index (χ2v) is 9.36. The Bertz CT molecular complexity index is 1310. The monoisotopic (exact) mass is 471 g/mol. The standard InChI is InChI=1S/C26H33N9/c1-5-35-17-20(16-29-35)15-28-25-30-23-14-19(4)6-7-21(23)24(32-25)33-10-12-34(13-11-33)26-27-9-8-22(31-26)18(2)3/h6-9,14,16-18H,5,10-13,15H2,1-4H3,(H,28,30,32). The Kier molecular flexibility index (Phi) is 6.48. The fourth-order valence-electron chi connectivity index (χ4n) is 4.35. The molecule has 0 unspecified atom stereocenters. The van der Waals surface area contributed by atoms with Gasteiger partial charge in [0.05, 0.1) is 11.7 Å². The van der Waals surface area contributed by atoms with Crippen molar-refractivity contribution in [3.05, 3.63) is 59.7 Å². The van der Waals surface area contributed by atoms with Crippen LogP contribution in [0.3, 0.4) is 0 Å². The van der Waals surface area contributed by atoms with Crippen LogP contribution >= 0.6 is 0 Å². The number of rotatable bonds is 7. The van der Waals surface area contributed by atoms with E-state index in [4.69, 9.17) is 15.0 Å². The van der Waals surface area contributed by atoms with Crippen LogP contribution in [-0.4, -0.2) is 55.9 Å². The van der Waals surface area contributed by atoms with Gasteiger partial charge in [-0.05, 0) is 43.5 Å². The highest BCUT2D eigenvalue weighted by atomic mass is 15.3. The second kappa shape index (κ2) is 9.85. The van der Waals surface area contributed by atoms with Gasteiger partial charge in [0.1, 0.15) is 5.82 Å². The molecule has 1 saturated heterocycles. The maximum atomic E-state index is 4.96. The van der Waals surface area contributed by atoms with Crippen LogP contribution in [0.1, 0.15) is 43.5 Å². The molecule has 3 aromatic heterocycles. The van der Waals surface area contributed by atoms with Crippen LogP contribution in [0.4, 0.5) is 17.7 Å². The van der Waals surface area contributed by atoms with Gasteiger partial charge in [-0.2, -0.15) is 10.1 Å². The molecule has 1 N–H and O–H groups in total. The molecule has 4 aromatic rings. The first-order chi connectivity index (χ1) is 17.0. The molecule has 0 radical (unpaired) electrons. The third-order valence-electron chi connectivity index (χ3n) is 6.41. The van der Waals surface area contributed by atoms with E-state index < -0.39 is 0 Å². The van der Waals surface area contributed by atoms with Crippen LogP contribution in [0.25, 0.3) is 10.9 Å². The van der Waals surface area contributed by atoms with E-state index in [2.05, 4.69) is 77.3 Å². The van der Waals surface area contributed by atoms with Crippen LogP contribution in [0.5, 0.6) is 0 Å². The van der Waals surface area contributed by atoms with Gasteiger partial charge < -0.3 is 15.1 Å². The number of anilines is 3. The summed E-state index contributed by atoms with van der Waals surface area (Å²) in [4.78, 5) is 23.7. The van der Waals surface area contributed by atoms with Gasteiger partial charge in [-0.15, -0.1) is 0 Å². The summed E-state index contributed by atoms with van der Waals surface area (Å²) in [5.74, 6) is 2.81. The third-order valence-corrected chi connectivity index (χ3v) is 6.41. The Hall–Kier alpha value is -3.75. The van der Waals surface area contributed by atoms with Crippen LogP contribution < -0.4 is 15.1 Å². The largest absolute Gasteiger partial charge is 0.352 e. The third kappa shape index (κ3) is 5.03. The molecule has 4 heterocycles. The van der Waals surface area contributed by atoms with E-state index in [1.807, 2.05) is 23.1 Å². The molecule has 0 amide bonds. The smallest absolute Gasteiger partial charge is 0.225 e. The first-order valence-corrected chi connectivity index (χ1v) is 12.4. The van der Waals surface area contributed by atoms with E-state index >= 15 is 0 Å². The molecule has 35 heavy (non-hydrogen) atoms. The van der Waals surface area contributed by atoms with Crippen LogP contribution in [0, 0.1) is 6.92 Å². The summed E-state index contributed by atoms with van der Waals surface area (Å²) in [6, 6.07) is 8.39. The van der Waals surface area contributed by atoms with Gasteiger partial charge in [-0.25, -0.2) is 15.0 Å². The molecule has 1 aliphatic heterocycles.